The molecule has 0 spiro atoms. The molecule has 5 nitrogen and oxygen atoms in total. The number of ether oxygens (including phenoxy) is 1. The Balaban J connectivity index is 2.03. The van der Waals surface area contributed by atoms with Crippen LogP contribution in [0.2, 0.25) is 0 Å². The van der Waals surface area contributed by atoms with E-state index in [2.05, 4.69) is 11.9 Å². The molecule has 1 unspecified atom stereocenters. The van der Waals surface area contributed by atoms with E-state index >= 15 is 0 Å². The number of aromatic nitrogens is 2. The highest BCUT2D eigenvalue weighted by Crippen LogP contribution is 2.34. The van der Waals surface area contributed by atoms with E-state index in [-0.39, 0.29) is 23.8 Å². The van der Waals surface area contributed by atoms with Crippen molar-refractivity contribution in [1.29, 1.82) is 0 Å². The molecule has 5 heteroatoms. The summed E-state index contributed by atoms with van der Waals surface area (Å²) in [5.74, 6) is -0.468. The van der Waals surface area contributed by atoms with Crippen LogP contribution in [-0.2, 0) is 22.5 Å². The number of nitrogens with zero attached hydrogens (tertiary/aromatic N) is 1. The Kier molecular flexibility index (Phi) is 5.11. The predicted octanol–water partition coefficient (Wildman–Crippen LogP) is 3.83. The van der Waals surface area contributed by atoms with Crippen LogP contribution in [0.25, 0.3) is 0 Å². The van der Waals surface area contributed by atoms with Gasteiger partial charge >= 0.3 is 5.97 Å². The zero-order chi connectivity index (χ0) is 18.0. The fourth-order valence-corrected chi connectivity index (χ4v) is 3.64. The smallest absolute Gasteiger partial charge is 0.315 e. The van der Waals surface area contributed by atoms with Crippen molar-refractivity contribution in [2.75, 3.05) is 0 Å². The molecule has 0 aliphatic carbocycles. The summed E-state index contributed by atoms with van der Waals surface area (Å²) in [6, 6.07) is 5.67. The van der Waals surface area contributed by atoms with Gasteiger partial charge in [-0.2, -0.15) is 0 Å². The second-order valence-electron chi connectivity index (χ2n) is 6.94. The minimum atomic E-state index is -0.281. The molecular weight excluding hydrogens is 316 g/mol. The Bertz CT molecular complexity index is 756. The summed E-state index contributed by atoms with van der Waals surface area (Å²) in [5, 5.41) is 0. The van der Waals surface area contributed by atoms with Gasteiger partial charge in [-0.1, -0.05) is 13.3 Å². The molecule has 3 heterocycles. The van der Waals surface area contributed by atoms with Gasteiger partial charge in [0.25, 0.3) is 0 Å². The van der Waals surface area contributed by atoms with Gasteiger partial charge < -0.3 is 14.3 Å². The maximum absolute atomic E-state index is 13.0. The SMILES string of the molecule is CCCc1cc2n(c1C(=O)c1ccc[nH]1)CCCC2C(=O)OC(C)C. The van der Waals surface area contributed by atoms with Crippen molar-refractivity contribution in [3.8, 4) is 0 Å². The first-order valence-corrected chi connectivity index (χ1v) is 9.13. The van der Waals surface area contributed by atoms with Crippen molar-refractivity contribution in [1.82, 2.24) is 9.55 Å². The van der Waals surface area contributed by atoms with E-state index in [1.165, 1.54) is 0 Å². The number of aryl methyl sites for hydroxylation is 1. The van der Waals surface area contributed by atoms with Gasteiger partial charge in [-0.15, -0.1) is 0 Å². The molecule has 1 aliphatic heterocycles. The molecule has 0 saturated heterocycles. The molecule has 0 aromatic carbocycles. The number of hydrogen-bond acceptors (Lipinski definition) is 3. The Morgan fingerprint density at radius 1 is 1.40 bits per heavy atom. The molecule has 0 fully saturated rings. The molecule has 25 heavy (non-hydrogen) atoms. The largest absolute Gasteiger partial charge is 0.462 e. The van der Waals surface area contributed by atoms with Crippen LogP contribution in [-0.4, -0.2) is 27.4 Å². The predicted molar refractivity (Wildman–Crippen MR) is 95.9 cm³/mol. The van der Waals surface area contributed by atoms with E-state index in [0.717, 1.165) is 49.2 Å². The summed E-state index contributed by atoms with van der Waals surface area (Å²) in [4.78, 5) is 28.6. The van der Waals surface area contributed by atoms with Crippen molar-refractivity contribution in [2.45, 2.75) is 65.0 Å². The molecule has 1 atom stereocenters. The first-order valence-electron chi connectivity index (χ1n) is 9.13. The minimum Gasteiger partial charge on any atom is -0.462 e. The number of hydrogen-bond donors (Lipinski definition) is 1. The molecule has 1 N–H and O–H groups in total. The van der Waals surface area contributed by atoms with Gasteiger partial charge in [-0.3, -0.25) is 9.59 Å². The van der Waals surface area contributed by atoms with E-state index in [0.29, 0.717) is 5.69 Å². The molecule has 3 rings (SSSR count). The number of esters is 1. The monoisotopic (exact) mass is 342 g/mol. The molecule has 134 valence electrons. The summed E-state index contributed by atoms with van der Waals surface area (Å²) in [5.41, 5.74) is 3.27. The number of rotatable bonds is 6. The minimum absolute atomic E-state index is 0.00224. The van der Waals surface area contributed by atoms with Gasteiger partial charge in [0.1, 0.15) is 0 Å². The van der Waals surface area contributed by atoms with Gasteiger partial charge in [0, 0.05) is 18.4 Å². The lowest BCUT2D eigenvalue weighted by molar-refractivity contribution is -0.149. The lowest BCUT2D eigenvalue weighted by Crippen LogP contribution is -2.27. The highest BCUT2D eigenvalue weighted by molar-refractivity contribution is 6.08. The number of carbonyl (C=O) groups excluding carboxylic acids is 2. The maximum atomic E-state index is 13.0. The third-order valence-electron chi connectivity index (χ3n) is 4.65. The highest BCUT2D eigenvalue weighted by atomic mass is 16.5. The molecule has 0 radical (unpaired) electrons. The van der Waals surface area contributed by atoms with Gasteiger partial charge in [-0.05, 0) is 56.9 Å². The van der Waals surface area contributed by atoms with E-state index in [1.807, 2.05) is 30.5 Å². The van der Waals surface area contributed by atoms with Gasteiger partial charge in [0.15, 0.2) is 0 Å². The number of carbonyl (C=O) groups is 2. The second-order valence-corrected chi connectivity index (χ2v) is 6.94. The highest BCUT2D eigenvalue weighted by Gasteiger charge is 2.33. The third-order valence-corrected chi connectivity index (χ3v) is 4.65. The van der Waals surface area contributed by atoms with Crippen LogP contribution in [0.3, 0.4) is 0 Å². The normalized spacial score (nSPS) is 16.7. The van der Waals surface area contributed by atoms with Gasteiger partial charge in [-0.25, -0.2) is 0 Å². The molecule has 0 saturated carbocycles. The summed E-state index contributed by atoms with van der Waals surface area (Å²) in [7, 11) is 0. The van der Waals surface area contributed by atoms with E-state index < -0.39 is 0 Å². The number of aromatic amines is 1. The van der Waals surface area contributed by atoms with Crippen LogP contribution < -0.4 is 0 Å². The first kappa shape index (κ1) is 17.5. The number of ketones is 1. The zero-order valence-electron chi connectivity index (χ0n) is 15.2. The molecule has 2 aromatic heterocycles. The topological polar surface area (TPSA) is 64.1 Å². The average molecular weight is 342 g/mol. The molecule has 0 bridgehead atoms. The van der Waals surface area contributed by atoms with Crippen molar-refractivity contribution in [3.63, 3.8) is 0 Å². The summed E-state index contributed by atoms with van der Waals surface area (Å²) in [6.45, 7) is 6.60. The van der Waals surface area contributed by atoms with Crippen LogP contribution in [0.4, 0.5) is 0 Å². The first-order chi connectivity index (χ1) is 12.0. The van der Waals surface area contributed by atoms with Crippen molar-refractivity contribution >= 4 is 11.8 Å². The van der Waals surface area contributed by atoms with Crippen LogP contribution >= 0.6 is 0 Å². The molecular formula is C20H26N2O3. The fourth-order valence-electron chi connectivity index (χ4n) is 3.64. The average Bonchev–Trinajstić information content (AvgIpc) is 3.21. The summed E-state index contributed by atoms with van der Waals surface area (Å²) >= 11 is 0. The lowest BCUT2D eigenvalue weighted by atomic mass is 9.96. The Morgan fingerprint density at radius 2 is 2.20 bits per heavy atom. The lowest BCUT2D eigenvalue weighted by Gasteiger charge is -2.25. The fraction of sp³-hybridized carbons (Fsp3) is 0.500. The van der Waals surface area contributed by atoms with E-state index in [4.69, 9.17) is 4.74 Å². The quantitative estimate of drug-likeness (QED) is 0.641. The van der Waals surface area contributed by atoms with E-state index in [9.17, 15) is 9.59 Å². The molecule has 2 aromatic rings. The summed E-state index contributed by atoms with van der Waals surface area (Å²) < 4.78 is 7.49. The Morgan fingerprint density at radius 3 is 2.84 bits per heavy atom. The van der Waals surface area contributed by atoms with Crippen LogP contribution in [0.5, 0.6) is 0 Å². The van der Waals surface area contributed by atoms with Gasteiger partial charge in [0.2, 0.25) is 5.78 Å². The van der Waals surface area contributed by atoms with Crippen LogP contribution in [0.15, 0.2) is 24.4 Å². The van der Waals surface area contributed by atoms with Crippen LogP contribution in [0, 0.1) is 0 Å². The number of H-pyrrole nitrogens is 1. The number of fused-ring (bicyclic) bond motifs is 1. The summed E-state index contributed by atoms with van der Waals surface area (Å²) in [6.07, 6.45) is 5.06. The molecule has 1 aliphatic rings. The van der Waals surface area contributed by atoms with Crippen LogP contribution in [0.1, 0.15) is 73.4 Å². The Labute approximate surface area is 148 Å². The van der Waals surface area contributed by atoms with Gasteiger partial charge in [0.05, 0.1) is 23.4 Å². The van der Waals surface area contributed by atoms with Crippen molar-refractivity contribution in [3.05, 3.63) is 47.0 Å². The zero-order valence-corrected chi connectivity index (χ0v) is 15.2. The third kappa shape index (κ3) is 3.41. The van der Waals surface area contributed by atoms with Crippen molar-refractivity contribution < 1.29 is 14.3 Å². The standard InChI is InChI=1S/C20H26N2O3/c1-4-7-14-12-17-15(20(24)25-13(2)3)8-6-11-22(17)18(14)19(23)16-9-5-10-21-16/h5,9-10,12-13,15,21H,4,6-8,11H2,1-3H3. The second kappa shape index (κ2) is 7.30. The molecule has 0 amide bonds. The Hall–Kier alpha value is -2.30. The maximum Gasteiger partial charge on any atom is 0.315 e. The van der Waals surface area contributed by atoms with Crippen molar-refractivity contribution in [2.24, 2.45) is 0 Å². The number of nitrogens with one attached hydrogen (secondary N) is 1. The van der Waals surface area contributed by atoms with E-state index in [1.54, 1.807) is 12.3 Å².